The van der Waals surface area contributed by atoms with E-state index in [1.165, 1.54) is 17.0 Å². The Morgan fingerprint density at radius 2 is 1.73 bits per heavy atom. The number of amides is 2. The van der Waals surface area contributed by atoms with Gasteiger partial charge in [-0.1, -0.05) is 41.8 Å². The van der Waals surface area contributed by atoms with Gasteiger partial charge in [-0.15, -0.1) is 0 Å². The molecular weight excluding hydrogens is 568 g/mol. The van der Waals surface area contributed by atoms with E-state index < -0.39 is 11.7 Å². The van der Waals surface area contributed by atoms with Gasteiger partial charge < -0.3 is 4.74 Å². The number of ether oxygens (including phenoxy) is 1. The third-order valence-electron chi connectivity index (χ3n) is 6.86. The van der Waals surface area contributed by atoms with Crippen LogP contribution in [0, 0.1) is 5.82 Å². The van der Waals surface area contributed by atoms with E-state index in [2.05, 4.69) is 5.43 Å². The molecule has 3 aromatic rings. The van der Waals surface area contributed by atoms with Crippen molar-refractivity contribution in [1.82, 2.24) is 25.1 Å². The van der Waals surface area contributed by atoms with Gasteiger partial charge in [-0.3, -0.25) is 15.1 Å². The summed E-state index contributed by atoms with van der Waals surface area (Å²) in [7, 11) is 0. The largest absolute Gasteiger partial charge is 0.443 e. The summed E-state index contributed by atoms with van der Waals surface area (Å²) in [5.41, 5.74) is 5.27. The van der Waals surface area contributed by atoms with Crippen LogP contribution in [-0.4, -0.2) is 56.9 Å². The van der Waals surface area contributed by atoms with Crippen molar-refractivity contribution < 1.29 is 18.7 Å². The fraction of sp³-hybridized carbons (Fsp3) is 0.367. The normalized spacial score (nSPS) is 16.9. The van der Waals surface area contributed by atoms with Gasteiger partial charge in [0.1, 0.15) is 11.4 Å². The fourth-order valence-corrected chi connectivity index (χ4v) is 5.49. The van der Waals surface area contributed by atoms with Gasteiger partial charge >= 0.3 is 6.09 Å². The second-order valence-corrected chi connectivity index (χ2v) is 12.0. The summed E-state index contributed by atoms with van der Waals surface area (Å²) in [6.45, 7) is 7.16. The minimum absolute atomic E-state index is 0.241. The molecule has 1 N–H and O–H groups in total. The number of benzene rings is 2. The fourth-order valence-electron chi connectivity index (χ4n) is 5.00. The van der Waals surface area contributed by atoms with E-state index in [4.69, 9.17) is 33.0 Å². The maximum atomic E-state index is 13.7. The zero-order chi connectivity index (χ0) is 29.3. The molecule has 2 amide bonds. The number of hydrazine groups is 1. The summed E-state index contributed by atoms with van der Waals surface area (Å²) >= 11 is 12.8. The maximum absolute atomic E-state index is 13.7. The number of aromatic nitrogens is 2. The summed E-state index contributed by atoms with van der Waals surface area (Å²) in [6, 6.07) is 10.9. The Morgan fingerprint density at radius 3 is 2.39 bits per heavy atom. The molecule has 5 rings (SSSR count). The van der Waals surface area contributed by atoms with Crippen LogP contribution in [0.1, 0.15) is 67.3 Å². The van der Waals surface area contributed by atoms with Crippen LogP contribution in [0.15, 0.2) is 42.5 Å². The highest BCUT2D eigenvalue weighted by Gasteiger charge is 2.37. The standard InChI is InChI=1S/C30H32Cl2FN5O3/c1-30(2,3)41-29(40)37-16-13-22-26(28(39)35-36-14-5-4-6-15-36)34-38(24-12-9-20(31)18-23(24)32)27(22)25(37)17-19-7-10-21(33)11-8-19/h7-12,17-18H,4-6,13-16H2,1-3H3,(H,35,39). The van der Waals surface area contributed by atoms with Crippen molar-refractivity contribution in [3.8, 4) is 5.69 Å². The van der Waals surface area contributed by atoms with Crippen LogP contribution in [0.25, 0.3) is 17.5 Å². The molecule has 0 spiro atoms. The lowest BCUT2D eigenvalue weighted by molar-refractivity contribution is 0.0351. The molecule has 0 atom stereocenters. The molecule has 2 aromatic carbocycles. The predicted molar refractivity (Wildman–Crippen MR) is 157 cm³/mol. The van der Waals surface area contributed by atoms with Crippen molar-refractivity contribution in [2.45, 2.75) is 52.1 Å². The highest BCUT2D eigenvalue weighted by molar-refractivity contribution is 6.35. The van der Waals surface area contributed by atoms with E-state index in [-0.39, 0.29) is 24.0 Å². The number of nitrogens with one attached hydrogen (secondary N) is 1. The maximum Gasteiger partial charge on any atom is 0.414 e. The third kappa shape index (κ3) is 6.58. The van der Waals surface area contributed by atoms with Crippen molar-refractivity contribution in [2.24, 2.45) is 0 Å². The molecule has 0 saturated carbocycles. The summed E-state index contributed by atoms with van der Waals surface area (Å²) in [4.78, 5) is 28.6. The number of rotatable bonds is 4. The van der Waals surface area contributed by atoms with Gasteiger partial charge in [0.15, 0.2) is 5.69 Å². The molecule has 0 bridgehead atoms. The number of fused-ring (bicyclic) bond motifs is 1. The first-order valence-corrected chi connectivity index (χ1v) is 14.4. The van der Waals surface area contributed by atoms with Gasteiger partial charge in [0.25, 0.3) is 5.91 Å². The number of nitrogens with zero attached hydrogens (tertiary/aromatic N) is 4. The first kappa shape index (κ1) is 29.1. The molecule has 1 fully saturated rings. The van der Waals surface area contributed by atoms with E-state index in [0.717, 1.165) is 32.4 Å². The lowest BCUT2D eigenvalue weighted by atomic mass is 9.99. The van der Waals surface area contributed by atoms with E-state index in [1.807, 2.05) is 5.01 Å². The number of hydrogen-bond donors (Lipinski definition) is 1. The summed E-state index contributed by atoms with van der Waals surface area (Å²) in [6.07, 6.45) is 4.69. The lowest BCUT2D eigenvalue weighted by Gasteiger charge is -2.33. The SMILES string of the molecule is CC(C)(C)OC(=O)N1CCc2c(C(=O)NN3CCCCC3)nn(-c3ccc(Cl)cc3Cl)c2C1=Cc1ccc(F)cc1. The van der Waals surface area contributed by atoms with Gasteiger partial charge in [0.2, 0.25) is 0 Å². The quantitative estimate of drug-likeness (QED) is 0.359. The molecule has 0 unspecified atom stereocenters. The first-order chi connectivity index (χ1) is 19.5. The molecule has 0 radical (unpaired) electrons. The van der Waals surface area contributed by atoms with E-state index in [9.17, 15) is 14.0 Å². The van der Waals surface area contributed by atoms with Gasteiger partial charge in [0, 0.05) is 30.2 Å². The van der Waals surface area contributed by atoms with Crippen molar-refractivity contribution in [3.63, 3.8) is 0 Å². The van der Waals surface area contributed by atoms with Crippen LogP contribution in [0.2, 0.25) is 10.0 Å². The second kappa shape index (κ2) is 11.8. The smallest absolute Gasteiger partial charge is 0.414 e. The Hall–Kier alpha value is -3.40. The molecule has 41 heavy (non-hydrogen) atoms. The average molecular weight is 601 g/mol. The van der Waals surface area contributed by atoms with E-state index in [0.29, 0.717) is 44.7 Å². The average Bonchev–Trinajstić information content (AvgIpc) is 3.30. The van der Waals surface area contributed by atoms with Gasteiger partial charge in [-0.2, -0.15) is 5.10 Å². The Balaban J connectivity index is 1.69. The number of hydrogen-bond acceptors (Lipinski definition) is 5. The third-order valence-corrected chi connectivity index (χ3v) is 7.40. The number of halogens is 3. The molecule has 2 aliphatic rings. The van der Waals surface area contributed by atoms with Gasteiger partial charge in [-0.05, 0) is 82.0 Å². The topological polar surface area (TPSA) is 79.7 Å². The predicted octanol–water partition coefficient (Wildman–Crippen LogP) is 6.74. The summed E-state index contributed by atoms with van der Waals surface area (Å²) in [5.74, 6) is -0.714. The van der Waals surface area contributed by atoms with Crippen molar-refractivity contribution in [2.75, 3.05) is 19.6 Å². The summed E-state index contributed by atoms with van der Waals surface area (Å²) in [5, 5.41) is 7.44. The minimum atomic E-state index is -0.739. The monoisotopic (exact) mass is 599 g/mol. The first-order valence-electron chi connectivity index (χ1n) is 13.6. The molecule has 1 saturated heterocycles. The van der Waals surface area contributed by atoms with Crippen LogP contribution in [0.3, 0.4) is 0 Å². The molecule has 216 valence electrons. The van der Waals surface area contributed by atoms with E-state index >= 15 is 0 Å². The molecular formula is C30H32Cl2FN5O3. The minimum Gasteiger partial charge on any atom is -0.443 e. The number of carbonyl (C=O) groups excluding carboxylic acids is 2. The van der Waals surface area contributed by atoms with Crippen LogP contribution < -0.4 is 5.43 Å². The Morgan fingerprint density at radius 1 is 1.02 bits per heavy atom. The van der Waals surface area contributed by atoms with Crippen LogP contribution >= 0.6 is 23.2 Å². The van der Waals surface area contributed by atoms with Crippen molar-refractivity contribution >= 4 is 47.0 Å². The molecule has 1 aromatic heterocycles. The zero-order valence-electron chi connectivity index (χ0n) is 23.2. The Bertz CT molecular complexity index is 1490. The highest BCUT2D eigenvalue weighted by Crippen LogP contribution is 2.37. The van der Waals surface area contributed by atoms with Gasteiger partial charge in [-0.25, -0.2) is 18.9 Å². The molecule has 2 aliphatic heterocycles. The van der Waals surface area contributed by atoms with Crippen molar-refractivity contribution in [3.05, 3.63) is 80.8 Å². The Kier molecular flexibility index (Phi) is 8.40. The highest BCUT2D eigenvalue weighted by atomic mass is 35.5. The van der Waals surface area contributed by atoms with E-state index in [1.54, 1.807) is 61.9 Å². The lowest BCUT2D eigenvalue weighted by Crippen LogP contribution is -2.45. The molecule has 11 heteroatoms. The molecule has 0 aliphatic carbocycles. The molecule has 3 heterocycles. The summed E-state index contributed by atoms with van der Waals surface area (Å²) < 4.78 is 21.1. The van der Waals surface area contributed by atoms with Gasteiger partial charge in [0.05, 0.1) is 22.1 Å². The second-order valence-electron chi connectivity index (χ2n) is 11.1. The van der Waals surface area contributed by atoms with Crippen LogP contribution in [-0.2, 0) is 11.2 Å². The molecule has 8 nitrogen and oxygen atoms in total. The van der Waals surface area contributed by atoms with Crippen LogP contribution in [0.4, 0.5) is 9.18 Å². The zero-order valence-corrected chi connectivity index (χ0v) is 24.7. The number of carbonyl (C=O) groups is 2. The number of piperidine rings is 1. The van der Waals surface area contributed by atoms with Crippen LogP contribution in [0.5, 0.6) is 0 Å². The Labute approximate surface area is 248 Å². The van der Waals surface area contributed by atoms with Crippen molar-refractivity contribution in [1.29, 1.82) is 0 Å².